The van der Waals surface area contributed by atoms with E-state index in [9.17, 15) is 4.79 Å². The van der Waals surface area contributed by atoms with E-state index in [1.807, 2.05) is 27.7 Å². The summed E-state index contributed by atoms with van der Waals surface area (Å²) < 4.78 is 5.27. The maximum Gasteiger partial charge on any atom is 0.407 e. The van der Waals surface area contributed by atoms with Crippen LogP contribution in [-0.4, -0.2) is 30.3 Å². The molecule has 1 amide bonds. The van der Waals surface area contributed by atoms with Gasteiger partial charge in [-0.05, 0) is 59.9 Å². The lowest BCUT2D eigenvalue weighted by Gasteiger charge is -2.21. The third-order valence-electron chi connectivity index (χ3n) is 3.13. The van der Waals surface area contributed by atoms with Crippen LogP contribution in [-0.2, 0) is 4.74 Å². The van der Waals surface area contributed by atoms with Crippen molar-refractivity contribution in [3.05, 3.63) is 12.2 Å². The molecule has 0 aliphatic heterocycles. The number of amides is 1. The molecule has 0 spiro atoms. The van der Waals surface area contributed by atoms with Crippen molar-refractivity contribution < 1.29 is 9.53 Å². The van der Waals surface area contributed by atoms with Gasteiger partial charge in [-0.25, -0.2) is 4.79 Å². The van der Waals surface area contributed by atoms with Crippen molar-refractivity contribution in [1.29, 1.82) is 0 Å². The van der Waals surface area contributed by atoms with Gasteiger partial charge >= 0.3 is 6.09 Å². The molecule has 2 unspecified atom stereocenters. The van der Waals surface area contributed by atoms with Crippen molar-refractivity contribution in [1.82, 2.24) is 10.6 Å². The first-order chi connectivity index (χ1) is 8.90. The van der Waals surface area contributed by atoms with Gasteiger partial charge in [-0.1, -0.05) is 12.2 Å². The second-order valence-electron chi connectivity index (χ2n) is 6.16. The number of hydrogen-bond donors (Lipinski definition) is 2. The quantitative estimate of drug-likeness (QED) is 0.595. The maximum atomic E-state index is 11.7. The zero-order chi connectivity index (χ0) is 14.3. The monoisotopic (exact) mass is 268 g/mol. The molecule has 1 fully saturated rings. The molecular formula is C15H28N2O2. The topological polar surface area (TPSA) is 50.4 Å². The van der Waals surface area contributed by atoms with Crippen molar-refractivity contribution in [2.75, 3.05) is 6.54 Å². The molecule has 0 aromatic heterocycles. The molecule has 4 nitrogen and oxygen atoms in total. The summed E-state index contributed by atoms with van der Waals surface area (Å²) in [6, 6.07) is 0.763. The first kappa shape index (κ1) is 16.0. The van der Waals surface area contributed by atoms with Gasteiger partial charge in [0.2, 0.25) is 0 Å². The van der Waals surface area contributed by atoms with Gasteiger partial charge in [0, 0.05) is 12.1 Å². The lowest BCUT2D eigenvalue weighted by molar-refractivity contribution is 0.0505. The van der Waals surface area contributed by atoms with E-state index >= 15 is 0 Å². The second kappa shape index (κ2) is 7.53. The molecule has 1 aliphatic carbocycles. The third kappa shape index (κ3) is 7.21. The van der Waals surface area contributed by atoms with E-state index in [1.165, 1.54) is 0 Å². The van der Waals surface area contributed by atoms with Gasteiger partial charge in [0.15, 0.2) is 0 Å². The van der Waals surface area contributed by atoms with Gasteiger partial charge in [0.1, 0.15) is 5.60 Å². The molecule has 2 N–H and O–H groups in total. The minimum absolute atomic E-state index is 0.245. The molecule has 0 radical (unpaired) electrons. The van der Waals surface area contributed by atoms with Gasteiger partial charge in [-0.2, -0.15) is 0 Å². The average molecular weight is 268 g/mol. The van der Waals surface area contributed by atoms with E-state index in [1.54, 1.807) is 0 Å². The summed E-state index contributed by atoms with van der Waals surface area (Å²) in [4.78, 5) is 11.7. The number of nitrogens with one attached hydrogen (secondary N) is 2. The van der Waals surface area contributed by atoms with Crippen molar-refractivity contribution in [3.8, 4) is 0 Å². The van der Waals surface area contributed by atoms with Gasteiger partial charge in [0.25, 0.3) is 0 Å². The average Bonchev–Trinajstić information content (AvgIpc) is 2.69. The lowest BCUT2D eigenvalue weighted by atomic mass is 10.2. The minimum atomic E-state index is -0.424. The number of hydrogen-bond acceptors (Lipinski definition) is 3. The number of ether oxygens (including phenoxy) is 1. The normalized spacial score (nSPS) is 23.8. The highest BCUT2D eigenvalue weighted by Gasteiger charge is 2.27. The Morgan fingerprint density at radius 2 is 2.00 bits per heavy atom. The Morgan fingerprint density at radius 3 is 2.63 bits per heavy atom. The van der Waals surface area contributed by atoms with Crippen LogP contribution in [0.1, 0.15) is 53.4 Å². The Balaban J connectivity index is 2.19. The standard InChI is InChI=1S/C15H28N2O2/c1-5-6-7-10-16-12-8-9-13(11-12)17-14(18)19-15(2,3)4/h5-6,12-13,16H,7-11H2,1-4H3,(H,17,18)/b6-5+. The molecule has 2 atom stereocenters. The Hall–Kier alpha value is -1.03. The SMILES string of the molecule is C/C=C/CCNC1CCC(NC(=O)OC(C)(C)C)C1. The molecule has 0 bridgehead atoms. The highest BCUT2D eigenvalue weighted by Crippen LogP contribution is 2.19. The van der Waals surface area contributed by atoms with E-state index in [0.717, 1.165) is 32.2 Å². The largest absolute Gasteiger partial charge is 0.444 e. The van der Waals surface area contributed by atoms with Gasteiger partial charge < -0.3 is 15.4 Å². The molecule has 1 saturated carbocycles. The van der Waals surface area contributed by atoms with Crippen LogP contribution in [0.25, 0.3) is 0 Å². The molecule has 0 heterocycles. The fourth-order valence-electron chi connectivity index (χ4n) is 2.31. The Bertz CT molecular complexity index is 308. The summed E-state index contributed by atoms with van der Waals surface area (Å²) >= 11 is 0. The van der Waals surface area contributed by atoms with Crippen LogP contribution < -0.4 is 10.6 Å². The molecule has 0 saturated heterocycles. The summed E-state index contributed by atoms with van der Waals surface area (Å²) in [5.74, 6) is 0. The molecule has 110 valence electrons. The minimum Gasteiger partial charge on any atom is -0.444 e. The summed E-state index contributed by atoms with van der Waals surface area (Å²) in [5.41, 5.74) is -0.424. The van der Waals surface area contributed by atoms with Crippen molar-refractivity contribution in [2.45, 2.75) is 71.1 Å². The van der Waals surface area contributed by atoms with Crippen LogP contribution in [0.15, 0.2) is 12.2 Å². The predicted octanol–water partition coefficient (Wildman–Crippen LogP) is 2.99. The fourth-order valence-corrected chi connectivity index (χ4v) is 2.31. The zero-order valence-corrected chi connectivity index (χ0v) is 12.7. The van der Waals surface area contributed by atoms with Crippen LogP contribution in [0.4, 0.5) is 4.79 Å². The van der Waals surface area contributed by atoms with Crippen LogP contribution in [0, 0.1) is 0 Å². The molecule has 4 heteroatoms. The summed E-state index contributed by atoms with van der Waals surface area (Å²) in [7, 11) is 0. The first-order valence-corrected chi connectivity index (χ1v) is 7.25. The highest BCUT2D eigenvalue weighted by atomic mass is 16.6. The van der Waals surface area contributed by atoms with Crippen LogP contribution in [0.5, 0.6) is 0 Å². The van der Waals surface area contributed by atoms with Gasteiger partial charge in [-0.3, -0.25) is 0 Å². The van der Waals surface area contributed by atoms with Crippen LogP contribution in [0.3, 0.4) is 0 Å². The Morgan fingerprint density at radius 1 is 1.32 bits per heavy atom. The van der Waals surface area contributed by atoms with E-state index in [4.69, 9.17) is 4.74 Å². The third-order valence-corrected chi connectivity index (χ3v) is 3.13. The smallest absolute Gasteiger partial charge is 0.407 e. The first-order valence-electron chi connectivity index (χ1n) is 7.25. The van der Waals surface area contributed by atoms with E-state index in [-0.39, 0.29) is 12.1 Å². The zero-order valence-electron chi connectivity index (χ0n) is 12.7. The fraction of sp³-hybridized carbons (Fsp3) is 0.800. The van der Waals surface area contributed by atoms with Crippen molar-refractivity contribution in [2.24, 2.45) is 0 Å². The molecular weight excluding hydrogens is 240 g/mol. The van der Waals surface area contributed by atoms with E-state index in [2.05, 4.69) is 22.8 Å². The van der Waals surface area contributed by atoms with E-state index < -0.39 is 5.60 Å². The van der Waals surface area contributed by atoms with Crippen molar-refractivity contribution in [3.63, 3.8) is 0 Å². The number of rotatable bonds is 5. The predicted molar refractivity (Wildman–Crippen MR) is 78.2 cm³/mol. The Labute approximate surface area is 117 Å². The summed E-state index contributed by atoms with van der Waals surface area (Å²) in [6.07, 6.45) is 8.15. The lowest BCUT2D eigenvalue weighted by Crippen LogP contribution is -2.39. The molecule has 0 aromatic carbocycles. The second-order valence-corrected chi connectivity index (χ2v) is 6.16. The van der Waals surface area contributed by atoms with Crippen LogP contribution in [0.2, 0.25) is 0 Å². The van der Waals surface area contributed by atoms with Gasteiger partial charge in [-0.15, -0.1) is 0 Å². The number of alkyl carbamates (subject to hydrolysis) is 1. The van der Waals surface area contributed by atoms with E-state index in [0.29, 0.717) is 6.04 Å². The molecule has 19 heavy (non-hydrogen) atoms. The summed E-state index contributed by atoms with van der Waals surface area (Å²) in [5, 5.41) is 6.48. The Kier molecular flexibility index (Phi) is 6.35. The number of carbonyl (C=O) groups excluding carboxylic acids is 1. The number of allylic oxidation sites excluding steroid dienone is 1. The van der Waals surface area contributed by atoms with Crippen molar-refractivity contribution >= 4 is 6.09 Å². The highest BCUT2D eigenvalue weighted by molar-refractivity contribution is 5.68. The molecule has 1 rings (SSSR count). The maximum absolute atomic E-state index is 11.7. The number of carbonyl (C=O) groups is 1. The van der Waals surface area contributed by atoms with Crippen LogP contribution >= 0.6 is 0 Å². The molecule has 1 aliphatic rings. The summed E-state index contributed by atoms with van der Waals surface area (Å²) in [6.45, 7) is 8.69. The van der Waals surface area contributed by atoms with Gasteiger partial charge in [0.05, 0.1) is 0 Å². The molecule has 0 aromatic rings.